The van der Waals surface area contributed by atoms with E-state index in [1.807, 2.05) is 67.6 Å². The molecule has 0 fully saturated rings. The van der Waals surface area contributed by atoms with Crippen LogP contribution in [0.25, 0.3) is 0 Å². The smallest absolute Gasteiger partial charge is 0.240 e. The first-order chi connectivity index (χ1) is 10.2. The lowest BCUT2D eigenvalue weighted by Gasteiger charge is -2.21. The van der Waals surface area contributed by atoms with Gasteiger partial charge in [0.25, 0.3) is 0 Å². The number of rotatable bonds is 6. The molecule has 1 N–H and O–H groups in total. The lowest BCUT2D eigenvalue weighted by molar-refractivity contribution is -0.117. The molecule has 0 aromatic heterocycles. The second-order valence-electron chi connectivity index (χ2n) is 4.65. The average molecular weight is 301 g/mol. The molecule has 2 aromatic rings. The lowest BCUT2D eigenvalue weighted by Crippen LogP contribution is -2.35. The molecule has 3 nitrogen and oxygen atoms in total. The monoisotopic (exact) mass is 301 g/mol. The van der Waals surface area contributed by atoms with E-state index < -0.39 is 0 Å². The minimum atomic E-state index is -0.308. The van der Waals surface area contributed by atoms with Gasteiger partial charge in [0.1, 0.15) is 5.25 Å². The van der Waals surface area contributed by atoms with Gasteiger partial charge < -0.3 is 10.1 Å². The number of benzene rings is 2. The first kappa shape index (κ1) is 15.6. The van der Waals surface area contributed by atoms with Crippen LogP contribution in [-0.4, -0.2) is 24.4 Å². The Balaban J connectivity index is 2.10. The molecule has 110 valence electrons. The fourth-order valence-electron chi connectivity index (χ4n) is 1.87. The number of ether oxygens (including phenoxy) is 1. The van der Waals surface area contributed by atoms with Crippen molar-refractivity contribution in [1.82, 2.24) is 0 Å². The Morgan fingerprint density at radius 2 is 1.62 bits per heavy atom. The van der Waals surface area contributed by atoms with Crippen LogP contribution in [0.3, 0.4) is 0 Å². The number of hydrogen-bond acceptors (Lipinski definition) is 3. The predicted molar refractivity (Wildman–Crippen MR) is 87.6 cm³/mol. The summed E-state index contributed by atoms with van der Waals surface area (Å²) in [6.45, 7) is 1.91. The number of hydrogen-bond donors (Lipinski definition) is 1. The van der Waals surface area contributed by atoms with Crippen LogP contribution in [-0.2, 0) is 9.53 Å². The Labute approximate surface area is 129 Å². The number of carbonyl (C=O) groups is 1. The first-order valence-corrected chi connectivity index (χ1v) is 7.69. The number of para-hydroxylation sites is 1. The highest BCUT2D eigenvalue weighted by Crippen LogP contribution is 2.27. The molecule has 0 aliphatic carbocycles. The summed E-state index contributed by atoms with van der Waals surface area (Å²) in [6, 6.07) is 19.3. The molecule has 2 rings (SSSR count). The summed E-state index contributed by atoms with van der Waals surface area (Å²) in [5, 5.41) is 2.63. The Bertz CT molecular complexity index is 560. The van der Waals surface area contributed by atoms with Gasteiger partial charge in [-0.25, -0.2) is 0 Å². The van der Waals surface area contributed by atoms with Crippen molar-refractivity contribution in [2.24, 2.45) is 0 Å². The van der Waals surface area contributed by atoms with Crippen LogP contribution in [0.4, 0.5) is 5.69 Å². The zero-order valence-electron chi connectivity index (χ0n) is 12.2. The molecular weight excluding hydrogens is 282 g/mol. The summed E-state index contributed by atoms with van der Waals surface area (Å²) in [5.74, 6) is -0.0515. The standard InChI is InChI=1S/C17H19NO2S/c1-13(20-2)16(21-15-11-7-4-8-12-15)17(19)18-14-9-5-3-6-10-14/h3-13,16H,1-2H3,(H,18,19)/t13-,16-/m0/s1. The Hall–Kier alpha value is -1.78. The van der Waals surface area contributed by atoms with Gasteiger partial charge in [0.15, 0.2) is 0 Å². The predicted octanol–water partition coefficient (Wildman–Crippen LogP) is 3.82. The van der Waals surface area contributed by atoms with Crippen molar-refractivity contribution in [3.05, 3.63) is 60.7 Å². The maximum absolute atomic E-state index is 12.5. The molecule has 1 amide bonds. The molecule has 0 heterocycles. The van der Waals surface area contributed by atoms with Crippen LogP contribution in [0.2, 0.25) is 0 Å². The molecule has 4 heteroatoms. The molecule has 2 atom stereocenters. The molecule has 21 heavy (non-hydrogen) atoms. The highest BCUT2D eigenvalue weighted by Gasteiger charge is 2.26. The summed E-state index contributed by atoms with van der Waals surface area (Å²) >= 11 is 1.51. The molecule has 0 saturated carbocycles. The molecule has 0 aliphatic heterocycles. The van der Waals surface area contributed by atoms with Crippen molar-refractivity contribution < 1.29 is 9.53 Å². The molecule has 0 radical (unpaired) electrons. The second-order valence-corrected chi connectivity index (χ2v) is 5.86. The fraction of sp³-hybridized carbons (Fsp3) is 0.235. The van der Waals surface area contributed by atoms with E-state index in [1.54, 1.807) is 7.11 Å². The minimum absolute atomic E-state index is 0.0515. The van der Waals surface area contributed by atoms with Gasteiger partial charge >= 0.3 is 0 Å². The topological polar surface area (TPSA) is 38.3 Å². The van der Waals surface area contributed by atoms with Gasteiger partial charge in [0.2, 0.25) is 5.91 Å². The summed E-state index contributed by atoms with van der Waals surface area (Å²) < 4.78 is 5.36. The zero-order chi connectivity index (χ0) is 15.1. The Kier molecular flexibility index (Phi) is 5.84. The number of nitrogens with one attached hydrogen (secondary N) is 1. The van der Waals surface area contributed by atoms with E-state index >= 15 is 0 Å². The SMILES string of the molecule is CO[C@@H](C)[C@H](Sc1ccccc1)C(=O)Nc1ccccc1. The highest BCUT2D eigenvalue weighted by atomic mass is 32.2. The zero-order valence-corrected chi connectivity index (χ0v) is 13.0. The Morgan fingerprint density at radius 3 is 2.19 bits per heavy atom. The van der Waals surface area contributed by atoms with Gasteiger partial charge in [-0.2, -0.15) is 0 Å². The van der Waals surface area contributed by atoms with Gasteiger partial charge in [0, 0.05) is 17.7 Å². The van der Waals surface area contributed by atoms with Crippen molar-refractivity contribution in [2.75, 3.05) is 12.4 Å². The molecule has 0 unspecified atom stereocenters. The maximum atomic E-state index is 12.5. The molecular formula is C17H19NO2S. The van der Waals surface area contributed by atoms with Crippen LogP contribution < -0.4 is 5.32 Å². The van der Waals surface area contributed by atoms with E-state index in [0.717, 1.165) is 10.6 Å². The maximum Gasteiger partial charge on any atom is 0.240 e. The van der Waals surface area contributed by atoms with E-state index in [4.69, 9.17) is 4.74 Å². The van der Waals surface area contributed by atoms with Crippen molar-refractivity contribution in [1.29, 1.82) is 0 Å². The molecule has 0 saturated heterocycles. The van der Waals surface area contributed by atoms with Gasteiger partial charge in [-0.3, -0.25) is 4.79 Å². The van der Waals surface area contributed by atoms with Crippen LogP contribution in [0.5, 0.6) is 0 Å². The molecule has 0 spiro atoms. The molecule has 0 aliphatic rings. The quantitative estimate of drug-likeness (QED) is 0.824. The average Bonchev–Trinajstić information content (AvgIpc) is 2.53. The third-order valence-electron chi connectivity index (χ3n) is 3.10. The van der Waals surface area contributed by atoms with Crippen LogP contribution in [0, 0.1) is 0 Å². The highest BCUT2D eigenvalue weighted by molar-refractivity contribution is 8.00. The lowest BCUT2D eigenvalue weighted by atomic mass is 10.2. The van der Waals surface area contributed by atoms with Crippen molar-refractivity contribution >= 4 is 23.4 Å². The van der Waals surface area contributed by atoms with Crippen molar-refractivity contribution in [2.45, 2.75) is 23.2 Å². The van der Waals surface area contributed by atoms with E-state index in [2.05, 4.69) is 5.32 Å². The second kappa shape index (κ2) is 7.86. The van der Waals surface area contributed by atoms with Crippen LogP contribution >= 0.6 is 11.8 Å². The fourth-order valence-corrected chi connectivity index (χ4v) is 2.94. The van der Waals surface area contributed by atoms with E-state index in [9.17, 15) is 4.79 Å². The van der Waals surface area contributed by atoms with Gasteiger partial charge in [-0.15, -0.1) is 11.8 Å². The van der Waals surface area contributed by atoms with E-state index in [0.29, 0.717) is 0 Å². The minimum Gasteiger partial charge on any atom is -0.380 e. The van der Waals surface area contributed by atoms with Crippen LogP contribution in [0.15, 0.2) is 65.6 Å². The molecule has 2 aromatic carbocycles. The van der Waals surface area contributed by atoms with Crippen molar-refractivity contribution in [3.63, 3.8) is 0 Å². The summed E-state index contributed by atoms with van der Waals surface area (Å²) in [4.78, 5) is 13.6. The number of methoxy groups -OCH3 is 1. The normalized spacial score (nSPS) is 13.4. The van der Waals surface area contributed by atoms with E-state index in [-0.39, 0.29) is 17.3 Å². The third kappa shape index (κ3) is 4.62. The summed E-state index contributed by atoms with van der Waals surface area (Å²) in [7, 11) is 1.62. The number of thioether (sulfide) groups is 1. The van der Waals surface area contributed by atoms with Gasteiger partial charge in [0.05, 0.1) is 6.10 Å². The number of carbonyl (C=O) groups excluding carboxylic acids is 1. The number of anilines is 1. The Morgan fingerprint density at radius 1 is 1.05 bits per heavy atom. The summed E-state index contributed by atoms with van der Waals surface area (Å²) in [6.07, 6.45) is -0.182. The largest absolute Gasteiger partial charge is 0.380 e. The third-order valence-corrected chi connectivity index (χ3v) is 4.50. The van der Waals surface area contributed by atoms with E-state index in [1.165, 1.54) is 11.8 Å². The molecule has 0 bridgehead atoms. The van der Waals surface area contributed by atoms with Crippen LogP contribution in [0.1, 0.15) is 6.92 Å². The first-order valence-electron chi connectivity index (χ1n) is 6.81. The van der Waals surface area contributed by atoms with Gasteiger partial charge in [-0.05, 0) is 31.2 Å². The summed E-state index contributed by atoms with van der Waals surface area (Å²) in [5.41, 5.74) is 0.796. The number of amides is 1. The van der Waals surface area contributed by atoms with Gasteiger partial charge in [-0.1, -0.05) is 36.4 Å². The van der Waals surface area contributed by atoms with Crippen molar-refractivity contribution in [3.8, 4) is 0 Å².